The van der Waals surface area contributed by atoms with Gasteiger partial charge in [-0.1, -0.05) is 11.6 Å². The molecular formula is C20H18ClF3N2O4. The topological polar surface area (TPSA) is 80.7 Å². The lowest BCUT2D eigenvalue weighted by Gasteiger charge is -2.30. The number of nitrogens with one attached hydrogen (secondary N) is 1. The fourth-order valence-corrected chi connectivity index (χ4v) is 4.52. The Morgan fingerprint density at radius 1 is 1.33 bits per heavy atom. The molecule has 2 saturated heterocycles. The summed E-state index contributed by atoms with van der Waals surface area (Å²) in [6, 6.07) is 6.44. The number of rotatable bonds is 4. The molecule has 1 aromatic carbocycles. The normalized spacial score (nSPS) is 27.9. The molecule has 4 rings (SSSR count). The third-order valence-corrected chi connectivity index (χ3v) is 5.84. The van der Waals surface area contributed by atoms with Gasteiger partial charge in [-0.2, -0.15) is 13.2 Å². The molecule has 30 heavy (non-hydrogen) atoms. The second-order valence-electron chi connectivity index (χ2n) is 7.31. The molecule has 2 aliphatic heterocycles. The number of hydrogen-bond acceptors (Lipinski definition) is 5. The van der Waals surface area contributed by atoms with Crippen molar-refractivity contribution in [2.45, 2.75) is 36.8 Å². The molecule has 0 spiro atoms. The number of aliphatic hydroxyl groups is 1. The van der Waals surface area contributed by atoms with Crippen LogP contribution in [0.5, 0.6) is 5.88 Å². The monoisotopic (exact) mass is 442 g/mol. The number of nitrogens with zero attached hydrogens (tertiary/aromatic N) is 1. The zero-order valence-electron chi connectivity index (χ0n) is 15.7. The molecule has 160 valence electrons. The van der Waals surface area contributed by atoms with Gasteiger partial charge in [0.2, 0.25) is 11.8 Å². The van der Waals surface area contributed by atoms with Gasteiger partial charge >= 0.3 is 6.18 Å². The van der Waals surface area contributed by atoms with E-state index in [-0.39, 0.29) is 5.69 Å². The number of halogens is 4. The Balaban J connectivity index is 1.60. The van der Waals surface area contributed by atoms with Crippen LogP contribution in [-0.4, -0.2) is 41.4 Å². The number of alkyl halides is 3. The molecule has 1 amide bonds. The lowest BCUT2D eigenvalue weighted by Crippen LogP contribution is -2.41. The Labute approximate surface area is 175 Å². The van der Waals surface area contributed by atoms with Crippen molar-refractivity contribution in [1.82, 2.24) is 4.98 Å². The van der Waals surface area contributed by atoms with Gasteiger partial charge in [0.25, 0.3) is 0 Å². The Hall–Kier alpha value is -2.36. The van der Waals surface area contributed by atoms with Crippen LogP contribution >= 0.6 is 11.6 Å². The van der Waals surface area contributed by atoms with Crippen molar-refractivity contribution in [1.29, 1.82) is 0 Å². The van der Waals surface area contributed by atoms with Crippen LogP contribution in [0.1, 0.15) is 23.5 Å². The van der Waals surface area contributed by atoms with Crippen molar-refractivity contribution in [3.8, 4) is 5.88 Å². The highest BCUT2D eigenvalue weighted by Gasteiger charge is 2.57. The molecule has 0 aliphatic carbocycles. The van der Waals surface area contributed by atoms with Gasteiger partial charge in [-0.25, -0.2) is 4.98 Å². The molecule has 0 saturated carbocycles. The SMILES string of the molecule is COc1cc(C2C3OC(CC3O)C2C(=O)Nc2ccc(C(F)(F)F)c(Cl)c2)ccn1. The summed E-state index contributed by atoms with van der Waals surface area (Å²) in [5.74, 6) is -1.17. The fourth-order valence-electron chi connectivity index (χ4n) is 4.23. The molecule has 5 atom stereocenters. The molecule has 0 radical (unpaired) electrons. The number of anilines is 1. The summed E-state index contributed by atoms with van der Waals surface area (Å²) in [5.41, 5.74) is -0.110. The van der Waals surface area contributed by atoms with Gasteiger partial charge in [0, 0.05) is 30.3 Å². The summed E-state index contributed by atoms with van der Waals surface area (Å²) in [7, 11) is 1.47. The quantitative estimate of drug-likeness (QED) is 0.755. The Morgan fingerprint density at radius 3 is 2.77 bits per heavy atom. The van der Waals surface area contributed by atoms with E-state index in [2.05, 4.69) is 10.3 Å². The standard InChI is InChI=1S/C20H18ClF3N2O4/c1-29-15-6-9(4-5-25-15)16-17(14-8-13(27)18(16)30-14)19(28)26-10-2-3-11(12(21)7-10)20(22,23)24/h2-7,13-14,16-18,27H,8H2,1H3,(H,26,28). The molecule has 1 aromatic heterocycles. The maximum atomic E-state index is 13.1. The fraction of sp³-hybridized carbons (Fsp3) is 0.400. The molecule has 10 heteroatoms. The number of carbonyl (C=O) groups excluding carboxylic acids is 1. The predicted molar refractivity (Wildman–Crippen MR) is 101 cm³/mol. The van der Waals surface area contributed by atoms with Gasteiger partial charge in [0.1, 0.15) is 0 Å². The number of hydrogen-bond donors (Lipinski definition) is 2. The van der Waals surface area contributed by atoms with E-state index in [0.29, 0.717) is 12.3 Å². The van der Waals surface area contributed by atoms with Crippen LogP contribution < -0.4 is 10.1 Å². The summed E-state index contributed by atoms with van der Waals surface area (Å²) < 4.78 is 49.7. The highest BCUT2D eigenvalue weighted by atomic mass is 35.5. The van der Waals surface area contributed by atoms with E-state index in [9.17, 15) is 23.1 Å². The Bertz CT molecular complexity index is 971. The molecule has 2 aliphatic rings. The van der Waals surface area contributed by atoms with Gasteiger partial charge in [-0.3, -0.25) is 4.79 Å². The van der Waals surface area contributed by atoms with Crippen molar-refractivity contribution in [2.75, 3.05) is 12.4 Å². The molecular weight excluding hydrogens is 425 g/mol. The van der Waals surface area contributed by atoms with E-state index in [4.69, 9.17) is 21.1 Å². The van der Waals surface area contributed by atoms with E-state index in [1.165, 1.54) is 13.3 Å². The van der Waals surface area contributed by atoms with Crippen LogP contribution in [-0.2, 0) is 15.7 Å². The third kappa shape index (κ3) is 3.73. The lowest BCUT2D eigenvalue weighted by molar-refractivity contribution is -0.137. The largest absolute Gasteiger partial charge is 0.481 e. The summed E-state index contributed by atoms with van der Waals surface area (Å²) >= 11 is 5.75. The maximum absolute atomic E-state index is 13.1. The smallest absolute Gasteiger partial charge is 0.417 e. The number of ether oxygens (including phenoxy) is 2. The van der Waals surface area contributed by atoms with E-state index in [0.717, 1.165) is 23.8 Å². The minimum absolute atomic E-state index is 0.146. The summed E-state index contributed by atoms with van der Waals surface area (Å²) in [5, 5.41) is 12.4. The van der Waals surface area contributed by atoms with E-state index >= 15 is 0 Å². The predicted octanol–water partition coefficient (Wildman–Crippen LogP) is 3.63. The molecule has 2 N–H and O–H groups in total. The van der Waals surface area contributed by atoms with Crippen LogP contribution in [0.3, 0.4) is 0 Å². The molecule has 2 fully saturated rings. The van der Waals surface area contributed by atoms with Crippen molar-refractivity contribution in [3.63, 3.8) is 0 Å². The van der Waals surface area contributed by atoms with Crippen molar-refractivity contribution < 1.29 is 32.5 Å². The van der Waals surface area contributed by atoms with Gasteiger partial charge in [-0.05, 0) is 29.8 Å². The zero-order valence-corrected chi connectivity index (χ0v) is 16.4. The number of carbonyl (C=O) groups is 1. The molecule has 2 aromatic rings. The number of aromatic nitrogens is 1. The number of amides is 1. The number of aliphatic hydroxyl groups excluding tert-OH is 1. The molecule has 2 bridgehead atoms. The Kier molecular flexibility index (Phi) is 5.37. The first-order valence-electron chi connectivity index (χ1n) is 9.20. The van der Waals surface area contributed by atoms with Crippen molar-refractivity contribution in [2.24, 2.45) is 5.92 Å². The average Bonchev–Trinajstić information content (AvgIpc) is 3.24. The van der Waals surface area contributed by atoms with Crippen LogP contribution in [0.25, 0.3) is 0 Å². The minimum atomic E-state index is -4.58. The summed E-state index contributed by atoms with van der Waals surface area (Å²) in [6.07, 6.45) is -4.55. The molecule has 6 nitrogen and oxygen atoms in total. The Morgan fingerprint density at radius 2 is 2.10 bits per heavy atom. The summed E-state index contributed by atoms with van der Waals surface area (Å²) in [4.78, 5) is 17.1. The average molecular weight is 443 g/mol. The number of benzene rings is 1. The number of fused-ring (bicyclic) bond motifs is 2. The first-order chi connectivity index (χ1) is 14.2. The lowest BCUT2D eigenvalue weighted by atomic mass is 9.74. The maximum Gasteiger partial charge on any atom is 0.417 e. The van der Waals surface area contributed by atoms with E-state index < -0.39 is 52.8 Å². The molecule has 5 unspecified atom stereocenters. The minimum Gasteiger partial charge on any atom is -0.481 e. The third-order valence-electron chi connectivity index (χ3n) is 5.52. The summed E-state index contributed by atoms with van der Waals surface area (Å²) in [6.45, 7) is 0. The van der Waals surface area contributed by atoms with Crippen molar-refractivity contribution >= 4 is 23.2 Å². The van der Waals surface area contributed by atoms with Gasteiger partial charge in [0.15, 0.2) is 0 Å². The van der Waals surface area contributed by atoms with Crippen LogP contribution in [0.2, 0.25) is 5.02 Å². The first-order valence-corrected chi connectivity index (χ1v) is 9.58. The van der Waals surface area contributed by atoms with Gasteiger partial charge < -0.3 is 19.9 Å². The zero-order chi connectivity index (χ0) is 21.6. The van der Waals surface area contributed by atoms with Crippen molar-refractivity contribution in [3.05, 3.63) is 52.7 Å². The van der Waals surface area contributed by atoms with Gasteiger partial charge in [0.05, 0.1) is 41.9 Å². The van der Waals surface area contributed by atoms with Crippen LogP contribution in [0, 0.1) is 5.92 Å². The second-order valence-corrected chi connectivity index (χ2v) is 7.71. The van der Waals surface area contributed by atoms with E-state index in [1.54, 1.807) is 12.1 Å². The highest BCUT2D eigenvalue weighted by molar-refractivity contribution is 6.31. The number of pyridine rings is 1. The second kappa shape index (κ2) is 7.72. The van der Waals surface area contributed by atoms with Crippen LogP contribution in [0.15, 0.2) is 36.5 Å². The highest BCUT2D eigenvalue weighted by Crippen LogP contribution is 2.49. The molecule has 3 heterocycles. The van der Waals surface area contributed by atoms with Gasteiger partial charge in [-0.15, -0.1) is 0 Å². The first kappa shape index (κ1) is 20.9. The number of methoxy groups -OCH3 is 1. The van der Waals surface area contributed by atoms with E-state index in [1.807, 2.05) is 0 Å². The van der Waals surface area contributed by atoms with Crippen LogP contribution in [0.4, 0.5) is 18.9 Å².